The minimum atomic E-state index is 0.142. The number of methoxy groups -OCH3 is 1. The third-order valence-electron chi connectivity index (χ3n) is 2.56. The number of aromatic hydroxyl groups is 1. The largest absolute Gasteiger partial charge is 0.507 e. The monoisotopic (exact) mass is 245 g/mol. The number of rotatable bonds is 4. The highest BCUT2D eigenvalue weighted by Gasteiger charge is 2.02. The summed E-state index contributed by atoms with van der Waals surface area (Å²) in [7, 11) is 1.61. The molecule has 0 atom stereocenters. The number of hydrogen-bond donors (Lipinski definition) is 2. The molecular weight excluding hydrogens is 230 g/mol. The molecule has 0 unspecified atom stereocenters. The molecule has 0 heterocycles. The van der Waals surface area contributed by atoms with Crippen LogP contribution in [0.1, 0.15) is 5.56 Å². The second-order valence-corrected chi connectivity index (χ2v) is 3.85. The highest BCUT2D eigenvalue weighted by Crippen LogP contribution is 2.23. The number of phenols is 1. The van der Waals surface area contributed by atoms with Crippen molar-refractivity contribution in [1.29, 1.82) is 0 Å². The zero-order valence-electron chi connectivity index (χ0n) is 10.1. The predicted molar refractivity (Wildman–Crippen MR) is 69.8 cm³/mol. The highest BCUT2D eigenvalue weighted by molar-refractivity contribution is 5.47. The van der Waals surface area contributed by atoms with Gasteiger partial charge in [0.15, 0.2) is 0 Å². The molecule has 3 N–H and O–H groups in total. The summed E-state index contributed by atoms with van der Waals surface area (Å²) in [5, 5.41) is 9.67. The molecule has 0 aliphatic rings. The van der Waals surface area contributed by atoms with Crippen LogP contribution in [0.15, 0.2) is 42.5 Å². The Hall–Kier alpha value is -2.36. The van der Waals surface area contributed by atoms with Crippen LogP contribution in [0.3, 0.4) is 0 Å². The van der Waals surface area contributed by atoms with Gasteiger partial charge in [-0.05, 0) is 36.4 Å². The van der Waals surface area contributed by atoms with Gasteiger partial charge in [0.05, 0.1) is 7.11 Å². The maximum Gasteiger partial charge on any atom is 0.124 e. The standard InChI is InChI=1S/C14H15NO3/c1-17-12-4-6-13(7-5-12)18-9-10-2-3-11(15)8-14(10)16/h2-8,16H,9,15H2,1H3. The molecule has 0 saturated carbocycles. The number of hydrogen-bond acceptors (Lipinski definition) is 4. The number of ether oxygens (including phenoxy) is 2. The van der Waals surface area contributed by atoms with Gasteiger partial charge in [-0.2, -0.15) is 0 Å². The van der Waals surface area contributed by atoms with E-state index in [0.29, 0.717) is 23.6 Å². The van der Waals surface area contributed by atoms with E-state index in [1.165, 1.54) is 6.07 Å². The van der Waals surface area contributed by atoms with Gasteiger partial charge < -0.3 is 20.3 Å². The fraction of sp³-hybridized carbons (Fsp3) is 0.143. The van der Waals surface area contributed by atoms with E-state index in [1.807, 2.05) is 24.3 Å². The quantitative estimate of drug-likeness (QED) is 0.812. The van der Waals surface area contributed by atoms with E-state index < -0.39 is 0 Å². The molecule has 0 aromatic heterocycles. The Morgan fingerprint density at radius 2 is 1.72 bits per heavy atom. The van der Waals surface area contributed by atoms with E-state index in [1.54, 1.807) is 19.2 Å². The van der Waals surface area contributed by atoms with Crippen LogP contribution in [0.5, 0.6) is 17.2 Å². The van der Waals surface area contributed by atoms with Gasteiger partial charge >= 0.3 is 0 Å². The fourth-order valence-electron chi connectivity index (χ4n) is 1.54. The molecule has 0 amide bonds. The van der Waals surface area contributed by atoms with Gasteiger partial charge in [-0.3, -0.25) is 0 Å². The molecule has 0 aliphatic carbocycles. The molecule has 0 radical (unpaired) electrons. The SMILES string of the molecule is COc1ccc(OCc2ccc(N)cc2O)cc1. The molecule has 2 rings (SSSR count). The van der Waals surface area contributed by atoms with Gasteiger partial charge in [-0.1, -0.05) is 0 Å². The lowest BCUT2D eigenvalue weighted by molar-refractivity contribution is 0.298. The third-order valence-corrected chi connectivity index (χ3v) is 2.56. The zero-order chi connectivity index (χ0) is 13.0. The van der Waals surface area contributed by atoms with Crippen molar-refractivity contribution >= 4 is 5.69 Å². The fourth-order valence-corrected chi connectivity index (χ4v) is 1.54. The Morgan fingerprint density at radius 1 is 1.06 bits per heavy atom. The summed E-state index contributed by atoms with van der Waals surface area (Å²) in [6.45, 7) is 0.290. The zero-order valence-corrected chi connectivity index (χ0v) is 10.1. The van der Waals surface area contributed by atoms with Gasteiger partial charge in [0.2, 0.25) is 0 Å². The molecule has 0 saturated heterocycles. The van der Waals surface area contributed by atoms with Gasteiger partial charge in [-0.25, -0.2) is 0 Å². The van der Waals surface area contributed by atoms with Crippen molar-refractivity contribution in [2.45, 2.75) is 6.61 Å². The number of phenolic OH excluding ortho intramolecular Hbond substituents is 1. The van der Waals surface area contributed by atoms with Crippen LogP contribution < -0.4 is 15.2 Å². The Morgan fingerprint density at radius 3 is 2.33 bits per heavy atom. The number of nitrogen functional groups attached to an aromatic ring is 1. The first-order chi connectivity index (χ1) is 8.69. The van der Waals surface area contributed by atoms with Crippen molar-refractivity contribution < 1.29 is 14.6 Å². The number of benzene rings is 2. The van der Waals surface area contributed by atoms with Crippen molar-refractivity contribution in [3.63, 3.8) is 0 Å². The molecule has 0 spiro atoms. The number of nitrogens with two attached hydrogens (primary N) is 1. The second kappa shape index (κ2) is 5.31. The van der Waals surface area contributed by atoms with E-state index in [2.05, 4.69) is 0 Å². The van der Waals surface area contributed by atoms with Crippen molar-refractivity contribution in [3.05, 3.63) is 48.0 Å². The summed E-state index contributed by atoms with van der Waals surface area (Å²) in [5.74, 6) is 1.63. The molecular formula is C14H15NO3. The molecule has 0 fully saturated rings. The van der Waals surface area contributed by atoms with Gasteiger partial charge in [-0.15, -0.1) is 0 Å². The molecule has 4 heteroatoms. The van der Waals surface area contributed by atoms with E-state index >= 15 is 0 Å². The van der Waals surface area contributed by atoms with Crippen molar-refractivity contribution in [2.24, 2.45) is 0 Å². The Balaban J connectivity index is 2.02. The highest BCUT2D eigenvalue weighted by atomic mass is 16.5. The van der Waals surface area contributed by atoms with E-state index in [9.17, 15) is 5.11 Å². The first-order valence-corrected chi connectivity index (χ1v) is 5.53. The molecule has 2 aromatic rings. The first kappa shape index (κ1) is 12.1. The van der Waals surface area contributed by atoms with E-state index in [4.69, 9.17) is 15.2 Å². The summed E-state index contributed by atoms with van der Waals surface area (Å²) >= 11 is 0. The first-order valence-electron chi connectivity index (χ1n) is 5.53. The maximum atomic E-state index is 9.67. The maximum absolute atomic E-state index is 9.67. The van der Waals surface area contributed by atoms with Crippen molar-refractivity contribution in [2.75, 3.05) is 12.8 Å². The summed E-state index contributed by atoms with van der Waals surface area (Å²) < 4.78 is 10.6. The molecule has 4 nitrogen and oxygen atoms in total. The average Bonchev–Trinajstić information content (AvgIpc) is 2.38. The lowest BCUT2D eigenvalue weighted by Crippen LogP contribution is -1.96. The summed E-state index contributed by atoms with van der Waals surface area (Å²) in [4.78, 5) is 0. The van der Waals surface area contributed by atoms with Crippen LogP contribution in [-0.4, -0.2) is 12.2 Å². The Bertz CT molecular complexity index is 523. The topological polar surface area (TPSA) is 64.7 Å². The average molecular weight is 245 g/mol. The van der Waals surface area contributed by atoms with Gasteiger partial charge in [0.1, 0.15) is 23.9 Å². The van der Waals surface area contributed by atoms with Gasteiger partial charge in [0, 0.05) is 17.3 Å². The van der Waals surface area contributed by atoms with Crippen LogP contribution >= 0.6 is 0 Å². The minimum Gasteiger partial charge on any atom is -0.507 e. The van der Waals surface area contributed by atoms with Gasteiger partial charge in [0.25, 0.3) is 0 Å². The normalized spacial score (nSPS) is 10.1. The van der Waals surface area contributed by atoms with Crippen LogP contribution in [-0.2, 0) is 6.61 Å². The predicted octanol–water partition coefficient (Wildman–Crippen LogP) is 2.56. The lowest BCUT2D eigenvalue weighted by atomic mass is 10.2. The molecule has 94 valence electrons. The summed E-state index contributed by atoms with van der Waals surface area (Å²) in [6.07, 6.45) is 0. The Kier molecular flexibility index (Phi) is 3.57. The second-order valence-electron chi connectivity index (χ2n) is 3.85. The van der Waals surface area contributed by atoms with E-state index in [-0.39, 0.29) is 5.75 Å². The molecule has 18 heavy (non-hydrogen) atoms. The molecule has 2 aromatic carbocycles. The molecule has 0 aliphatic heterocycles. The van der Waals surface area contributed by atoms with Crippen molar-refractivity contribution in [1.82, 2.24) is 0 Å². The van der Waals surface area contributed by atoms with Crippen LogP contribution in [0.2, 0.25) is 0 Å². The number of anilines is 1. The summed E-state index contributed by atoms with van der Waals surface area (Å²) in [5.41, 5.74) is 6.77. The van der Waals surface area contributed by atoms with Crippen molar-refractivity contribution in [3.8, 4) is 17.2 Å². The molecule has 0 bridgehead atoms. The van der Waals surface area contributed by atoms with Crippen LogP contribution in [0.4, 0.5) is 5.69 Å². The van der Waals surface area contributed by atoms with E-state index in [0.717, 1.165) is 5.75 Å². The summed E-state index contributed by atoms with van der Waals surface area (Å²) in [6, 6.07) is 12.2. The Labute approximate surface area is 106 Å². The third kappa shape index (κ3) is 2.85. The van der Waals surface area contributed by atoms with Crippen LogP contribution in [0.25, 0.3) is 0 Å². The van der Waals surface area contributed by atoms with Crippen LogP contribution in [0, 0.1) is 0 Å². The smallest absolute Gasteiger partial charge is 0.124 e. The minimum absolute atomic E-state index is 0.142. The lowest BCUT2D eigenvalue weighted by Gasteiger charge is -2.09.